The Balaban J connectivity index is 2.29. The summed E-state index contributed by atoms with van der Waals surface area (Å²) in [7, 11) is 0. The van der Waals surface area contributed by atoms with E-state index < -0.39 is 13.3 Å². The molecule has 0 amide bonds. The Morgan fingerprint density at radius 1 is 0.842 bits per heavy atom. The van der Waals surface area contributed by atoms with Crippen molar-refractivity contribution >= 4 is 10.8 Å². The summed E-state index contributed by atoms with van der Waals surface area (Å²) in [5, 5.41) is 1.90. The van der Waals surface area contributed by atoms with Crippen LogP contribution in [0.4, 0.5) is 8.78 Å². The minimum Gasteiger partial charge on any atom is -0.490 e. The van der Waals surface area contributed by atoms with E-state index in [2.05, 4.69) is 0 Å². The minimum absolute atomic E-state index is 0.0433. The second kappa shape index (κ2) is 7.04. The molecule has 4 heteroatoms. The predicted octanol–water partition coefficient (Wildman–Crippen LogP) is 3.67. The lowest BCUT2D eigenvalue weighted by molar-refractivity contribution is 0.107. The molecule has 2 aromatic carbocycles. The largest absolute Gasteiger partial charge is 0.490 e. The highest BCUT2D eigenvalue weighted by Crippen LogP contribution is 2.29. The molecule has 2 nitrogen and oxygen atoms in total. The summed E-state index contributed by atoms with van der Waals surface area (Å²) in [5.41, 5.74) is 0.969. The Labute approximate surface area is 110 Å². The first-order chi connectivity index (χ1) is 9.36. The van der Waals surface area contributed by atoms with Gasteiger partial charge in [-0.2, -0.15) is 0 Å². The second-order valence-corrected chi connectivity index (χ2v) is 4.05. The molecule has 0 radical (unpaired) electrons. The molecule has 0 fully saturated rings. The van der Waals surface area contributed by atoms with E-state index in [-0.39, 0.29) is 13.2 Å². The number of hydrogen-bond donors (Lipinski definition) is 0. The van der Waals surface area contributed by atoms with E-state index in [0.717, 1.165) is 16.3 Å². The molecular formula is C15H16F2O2. The van der Waals surface area contributed by atoms with Crippen LogP contribution in [0, 0.1) is 0 Å². The highest BCUT2D eigenvalue weighted by atomic mass is 19.1. The second-order valence-electron chi connectivity index (χ2n) is 4.05. The van der Waals surface area contributed by atoms with Gasteiger partial charge in [-0.15, -0.1) is 0 Å². The summed E-state index contributed by atoms with van der Waals surface area (Å²) in [6.45, 7) is -0.519. The Morgan fingerprint density at radius 2 is 1.58 bits per heavy atom. The zero-order valence-corrected chi connectivity index (χ0v) is 10.6. The van der Waals surface area contributed by atoms with Crippen LogP contribution in [0.1, 0.15) is 5.56 Å². The molecule has 0 N–H and O–H groups in total. The van der Waals surface area contributed by atoms with Crippen molar-refractivity contribution in [3.05, 3.63) is 42.0 Å². The zero-order chi connectivity index (χ0) is 13.5. The normalized spacial score (nSPS) is 10.8. The van der Waals surface area contributed by atoms with Crippen molar-refractivity contribution in [3.63, 3.8) is 0 Å². The summed E-state index contributed by atoms with van der Waals surface area (Å²) in [6.07, 6.45) is 0. The van der Waals surface area contributed by atoms with Gasteiger partial charge in [0.05, 0.1) is 13.2 Å². The Bertz CT molecular complexity index is 529. The highest BCUT2D eigenvalue weighted by Gasteiger charge is 2.06. The average Bonchev–Trinajstić information content (AvgIpc) is 2.46. The summed E-state index contributed by atoms with van der Waals surface area (Å²) in [4.78, 5) is 0. The third-order valence-corrected chi connectivity index (χ3v) is 2.79. The van der Waals surface area contributed by atoms with E-state index in [1.54, 1.807) is 6.07 Å². The molecule has 0 bridgehead atoms. The standard InChI is InChI=1S/C15H16F2O2/c16-7-9-18-11-12-5-6-15(19-10-8-17)14-4-2-1-3-13(12)14/h1-6H,7-11H2. The molecule has 19 heavy (non-hydrogen) atoms. The number of hydrogen-bond acceptors (Lipinski definition) is 2. The first kappa shape index (κ1) is 13.7. The van der Waals surface area contributed by atoms with E-state index in [4.69, 9.17) is 9.47 Å². The van der Waals surface area contributed by atoms with Gasteiger partial charge in [-0.1, -0.05) is 30.3 Å². The molecule has 0 saturated carbocycles. The summed E-state index contributed by atoms with van der Waals surface area (Å²) in [6, 6.07) is 11.4. The maximum Gasteiger partial charge on any atom is 0.127 e. The van der Waals surface area contributed by atoms with Crippen molar-refractivity contribution in [3.8, 4) is 5.75 Å². The van der Waals surface area contributed by atoms with Crippen LogP contribution in [-0.4, -0.2) is 26.6 Å². The molecular weight excluding hydrogens is 250 g/mol. The summed E-state index contributed by atoms with van der Waals surface area (Å²) in [5.74, 6) is 0.655. The van der Waals surface area contributed by atoms with Gasteiger partial charge in [-0.3, -0.25) is 0 Å². The Morgan fingerprint density at radius 3 is 2.32 bits per heavy atom. The van der Waals surface area contributed by atoms with Gasteiger partial charge in [0.1, 0.15) is 25.7 Å². The number of alkyl halides is 2. The molecule has 0 saturated heterocycles. The SMILES string of the molecule is FCCOCc1ccc(OCCF)c2ccccc12. The van der Waals surface area contributed by atoms with Gasteiger partial charge in [0.15, 0.2) is 0 Å². The van der Waals surface area contributed by atoms with E-state index in [9.17, 15) is 8.78 Å². The lowest BCUT2D eigenvalue weighted by Crippen LogP contribution is -2.01. The number of benzene rings is 2. The van der Waals surface area contributed by atoms with Crippen molar-refractivity contribution in [2.24, 2.45) is 0 Å². The van der Waals surface area contributed by atoms with Crippen molar-refractivity contribution in [1.82, 2.24) is 0 Å². The highest BCUT2D eigenvalue weighted by molar-refractivity contribution is 5.91. The Hall–Kier alpha value is -1.68. The van der Waals surface area contributed by atoms with Crippen molar-refractivity contribution in [1.29, 1.82) is 0 Å². The fraction of sp³-hybridized carbons (Fsp3) is 0.333. The van der Waals surface area contributed by atoms with Crippen molar-refractivity contribution < 1.29 is 18.3 Å². The van der Waals surface area contributed by atoms with Gasteiger partial charge in [-0.25, -0.2) is 8.78 Å². The molecule has 0 aromatic heterocycles. The quantitative estimate of drug-likeness (QED) is 0.712. The van der Waals surface area contributed by atoms with Crippen LogP contribution in [0.2, 0.25) is 0 Å². The zero-order valence-electron chi connectivity index (χ0n) is 10.6. The number of ether oxygens (including phenoxy) is 2. The van der Waals surface area contributed by atoms with Gasteiger partial charge in [0, 0.05) is 5.39 Å². The maximum absolute atomic E-state index is 12.2. The first-order valence-corrected chi connectivity index (χ1v) is 6.20. The molecule has 0 unspecified atom stereocenters. The topological polar surface area (TPSA) is 18.5 Å². The molecule has 0 aliphatic carbocycles. The monoisotopic (exact) mass is 266 g/mol. The molecule has 102 valence electrons. The smallest absolute Gasteiger partial charge is 0.127 e. The van der Waals surface area contributed by atoms with Crippen molar-refractivity contribution in [2.45, 2.75) is 6.61 Å². The molecule has 2 aromatic rings. The van der Waals surface area contributed by atoms with E-state index >= 15 is 0 Å². The van der Waals surface area contributed by atoms with Crippen LogP contribution >= 0.6 is 0 Å². The van der Waals surface area contributed by atoms with Gasteiger partial charge >= 0.3 is 0 Å². The lowest BCUT2D eigenvalue weighted by atomic mass is 10.0. The molecule has 0 heterocycles. The van der Waals surface area contributed by atoms with Crippen LogP contribution in [0.15, 0.2) is 36.4 Å². The maximum atomic E-state index is 12.2. The van der Waals surface area contributed by atoms with Gasteiger partial charge in [0.25, 0.3) is 0 Å². The van der Waals surface area contributed by atoms with Gasteiger partial charge in [-0.05, 0) is 17.0 Å². The predicted molar refractivity (Wildman–Crippen MR) is 71.0 cm³/mol. The molecule has 0 spiro atoms. The number of halogens is 2. The fourth-order valence-electron chi connectivity index (χ4n) is 1.97. The van der Waals surface area contributed by atoms with Gasteiger partial charge < -0.3 is 9.47 Å². The summed E-state index contributed by atoms with van der Waals surface area (Å²) < 4.78 is 34.8. The van der Waals surface area contributed by atoms with Crippen LogP contribution in [-0.2, 0) is 11.3 Å². The average molecular weight is 266 g/mol. The fourth-order valence-corrected chi connectivity index (χ4v) is 1.97. The molecule has 2 rings (SSSR count). The molecule has 0 aliphatic heterocycles. The van der Waals surface area contributed by atoms with Crippen molar-refractivity contribution in [2.75, 3.05) is 26.6 Å². The minimum atomic E-state index is -0.518. The lowest BCUT2D eigenvalue weighted by Gasteiger charge is -2.11. The van der Waals surface area contributed by atoms with Crippen LogP contribution in [0.25, 0.3) is 10.8 Å². The third kappa shape index (κ3) is 3.41. The van der Waals surface area contributed by atoms with E-state index in [1.807, 2.05) is 30.3 Å². The molecule has 0 aliphatic rings. The van der Waals surface area contributed by atoms with Crippen LogP contribution in [0.5, 0.6) is 5.75 Å². The van der Waals surface area contributed by atoms with E-state index in [0.29, 0.717) is 12.4 Å². The number of fused-ring (bicyclic) bond motifs is 1. The van der Waals surface area contributed by atoms with Gasteiger partial charge in [0.2, 0.25) is 0 Å². The Kier molecular flexibility index (Phi) is 5.10. The number of rotatable bonds is 7. The summed E-state index contributed by atoms with van der Waals surface area (Å²) >= 11 is 0. The first-order valence-electron chi connectivity index (χ1n) is 6.20. The molecule has 0 atom stereocenters. The van der Waals surface area contributed by atoms with Crippen LogP contribution < -0.4 is 4.74 Å². The van der Waals surface area contributed by atoms with Crippen LogP contribution in [0.3, 0.4) is 0 Å². The van der Waals surface area contributed by atoms with E-state index in [1.165, 1.54) is 0 Å². The third-order valence-electron chi connectivity index (χ3n) is 2.79.